The zero-order chi connectivity index (χ0) is 7.56. The molecule has 10 heavy (non-hydrogen) atoms. The smallest absolute Gasteiger partial charge is 0.110 e. The van der Waals surface area contributed by atoms with E-state index in [1.165, 1.54) is 7.11 Å². The van der Waals surface area contributed by atoms with Crippen LogP contribution in [0.5, 0.6) is 0 Å². The number of rotatable bonds is 2. The van der Waals surface area contributed by atoms with Crippen molar-refractivity contribution in [3.05, 3.63) is 0 Å². The van der Waals surface area contributed by atoms with Gasteiger partial charge in [0.25, 0.3) is 0 Å². The molecule has 0 saturated carbocycles. The molecule has 0 aromatic rings. The zero-order valence-corrected chi connectivity index (χ0v) is 5.86. The largest absolute Gasteiger partial charge is 0.388 e. The second-order valence-corrected chi connectivity index (χ2v) is 2.39. The summed E-state index contributed by atoms with van der Waals surface area (Å²) in [7, 11) is 1.53. The molecule has 1 aliphatic rings. The number of hydrogen-bond acceptors (Lipinski definition) is 4. The first kappa shape index (κ1) is 7.94. The molecule has 0 radical (unpaired) electrons. The van der Waals surface area contributed by atoms with Crippen LogP contribution >= 0.6 is 0 Å². The van der Waals surface area contributed by atoms with Crippen molar-refractivity contribution >= 4 is 0 Å². The third-order valence-electron chi connectivity index (χ3n) is 1.59. The maximum absolute atomic E-state index is 9.13. The van der Waals surface area contributed by atoms with Gasteiger partial charge in [-0.15, -0.1) is 0 Å². The molecule has 1 unspecified atom stereocenters. The Labute approximate surface area is 59.4 Å². The van der Waals surface area contributed by atoms with Crippen LogP contribution in [-0.4, -0.2) is 48.8 Å². The van der Waals surface area contributed by atoms with E-state index in [9.17, 15) is 0 Å². The maximum Gasteiger partial charge on any atom is 0.110 e. The van der Waals surface area contributed by atoms with Crippen molar-refractivity contribution in [3.8, 4) is 0 Å². The highest BCUT2D eigenvalue weighted by molar-refractivity contribution is 4.82. The molecule has 60 valence electrons. The predicted octanol–water partition coefficient (Wildman–Crippen LogP) is -1.25. The van der Waals surface area contributed by atoms with Crippen molar-refractivity contribution in [2.45, 2.75) is 18.3 Å². The lowest BCUT2D eigenvalue weighted by Gasteiger charge is -2.12. The molecule has 0 aromatic carbocycles. The van der Waals surface area contributed by atoms with Crippen molar-refractivity contribution in [2.75, 3.05) is 20.3 Å². The lowest BCUT2D eigenvalue weighted by atomic mass is 10.2. The average molecular weight is 148 g/mol. The zero-order valence-electron chi connectivity index (χ0n) is 5.86. The molecule has 0 spiro atoms. The van der Waals surface area contributed by atoms with Gasteiger partial charge in [0.1, 0.15) is 18.3 Å². The summed E-state index contributed by atoms with van der Waals surface area (Å²) >= 11 is 0. The Morgan fingerprint density at radius 3 is 2.70 bits per heavy atom. The molecule has 0 aromatic heterocycles. The minimum absolute atomic E-state index is 0.204. The fraction of sp³-hybridized carbons (Fsp3) is 1.00. The summed E-state index contributed by atoms with van der Waals surface area (Å²) in [6.45, 7) is 0.535. The van der Waals surface area contributed by atoms with Crippen LogP contribution in [0.2, 0.25) is 0 Å². The molecule has 0 amide bonds. The van der Waals surface area contributed by atoms with Crippen LogP contribution in [-0.2, 0) is 9.47 Å². The SMILES string of the molecule is COCC1OC[C@H](O)[C@@H]1O. The van der Waals surface area contributed by atoms with Crippen molar-refractivity contribution < 1.29 is 19.7 Å². The second kappa shape index (κ2) is 3.30. The number of methoxy groups -OCH3 is 1. The first-order valence-corrected chi connectivity index (χ1v) is 3.22. The summed E-state index contributed by atoms with van der Waals surface area (Å²) in [5, 5.41) is 18.1. The van der Waals surface area contributed by atoms with Gasteiger partial charge in [0.2, 0.25) is 0 Å². The van der Waals surface area contributed by atoms with Gasteiger partial charge in [0.05, 0.1) is 13.2 Å². The molecule has 3 atom stereocenters. The number of aliphatic hydroxyl groups excluding tert-OH is 2. The van der Waals surface area contributed by atoms with E-state index in [2.05, 4.69) is 0 Å². The molecule has 4 nitrogen and oxygen atoms in total. The Morgan fingerprint density at radius 1 is 1.60 bits per heavy atom. The Hall–Kier alpha value is -0.160. The van der Waals surface area contributed by atoms with Gasteiger partial charge in [0.15, 0.2) is 0 Å². The van der Waals surface area contributed by atoms with Gasteiger partial charge in [0, 0.05) is 7.11 Å². The number of hydrogen-bond donors (Lipinski definition) is 2. The fourth-order valence-corrected chi connectivity index (χ4v) is 0.978. The van der Waals surface area contributed by atoms with Crippen LogP contribution in [0.3, 0.4) is 0 Å². The van der Waals surface area contributed by atoms with Crippen LogP contribution in [0, 0.1) is 0 Å². The Kier molecular flexibility index (Phi) is 2.62. The van der Waals surface area contributed by atoms with Gasteiger partial charge < -0.3 is 19.7 Å². The van der Waals surface area contributed by atoms with Crippen molar-refractivity contribution in [3.63, 3.8) is 0 Å². The minimum atomic E-state index is -0.792. The predicted molar refractivity (Wildman–Crippen MR) is 33.6 cm³/mol. The molecular weight excluding hydrogens is 136 g/mol. The highest BCUT2D eigenvalue weighted by atomic mass is 16.6. The van der Waals surface area contributed by atoms with Crippen LogP contribution in [0.4, 0.5) is 0 Å². The van der Waals surface area contributed by atoms with Crippen LogP contribution < -0.4 is 0 Å². The summed E-state index contributed by atoms with van der Waals surface area (Å²) in [6, 6.07) is 0. The van der Waals surface area contributed by atoms with Gasteiger partial charge >= 0.3 is 0 Å². The summed E-state index contributed by atoms with van der Waals surface area (Å²) in [5.74, 6) is 0. The van der Waals surface area contributed by atoms with Crippen molar-refractivity contribution in [1.29, 1.82) is 0 Å². The van der Waals surface area contributed by atoms with E-state index in [4.69, 9.17) is 19.7 Å². The maximum atomic E-state index is 9.13. The number of aliphatic hydroxyl groups is 2. The van der Waals surface area contributed by atoms with E-state index in [-0.39, 0.29) is 12.7 Å². The van der Waals surface area contributed by atoms with E-state index in [0.717, 1.165) is 0 Å². The summed E-state index contributed by atoms with van der Waals surface area (Å²) < 4.78 is 9.74. The quantitative estimate of drug-likeness (QED) is 0.514. The first-order valence-electron chi connectivity index (χ1n) is 3.22. The molecular formula is C6H12O4. The molecule has 1 aliphatic heterocycles. The normalized spacial score (nSPS) is 40.5. The molecule has 1 fully saturated rings. The average Bonchev–Trinajstić information content (AvgIpc) is 2.20. The van der Waals surface area contributed by atoms with Gasteiger partial charge in [-0.05, 0) is 0 Å². The molecule has 2 N–H and O–H groups in total. The van der Waals surface area contributed by atoms with Crippen LogP contribution in [0.1, 0.15) is 0 Å². The molecule has 1 saturated heterocycles. The Balaban J connectivity index is 2.33. The second-order valence-electron chi connectivity index (χ2n) is 2.39. The lowest BCUT2D eigenvalue weighted by molar-refractivity contribution is -0.0178. The lowest BCUT2D eigenvalue weighted by Crippen LogP contribution is -2.32. The van der Waals surface area contributed by atoms with Gasteiger partial charge in [-0.1, -0.05) is 0 Å². The van der Waals surface area contributed by atoms with Crippen LogP contribution in [0.15, 0.2) is 0 Å². The van der Waals surface area contributed by atoms with E-state index in [0.29, 0.717) is 6.61 Å². The van der Waals surface area contributed by atoms with E-state index < -0.39 is 12.2 Å². The van der Waals surface area contributed by atoms with Crippen LogP contribution in [0.25, 0.3) is 0 Å². The summed E-state index contributed by atoms with van der Waals surface area (Å²) in [6.07, 6.45) is -1.90. The standard InChI is InChI=1S/C6H12O4/c1-9-3-5-6(8)4(7)2-10-5/h4-8H,2-3H2,1H3/t4-,5?,6-/m0/s1. The van der Waals surface area contributed by atoms with E-state index in [1.807, 2.05) is 0 Å². The minimum Gasteiger partial charge on any atom is -0.388 e. The third-order valence-corrected chi connectivity index (χ3v) is 1.59. The molecule has 1 heterocycles. The summed E-state index contributed by atoms with van der Waals surface area (Å²) in [4.78, 5) is 0. The Bertz CT molecular complexity index is 104. The fourth-order valence-electron chi connectivity index (χ4n) is 0.978. The van der Waals surface area contributed by atoms with Gasteiger partial charge in [-0.2, -0.15) is 0 Å². The highest BCUT2D eigenvalue weighted by Crippen LogP contribution is 2.13. The monoisotopic (exact) mass is 148 g/mol. The topological polar surface area (TPSA) is 58.9 Å². The molecule has 1 rings (SSSR count). The summed E-state index contributed by atoms with van der Waals surface area (Å²) in [5.41, 5.74) is 0. The molecule has 4 heteroatoms. The van der Waals surface area contributed by atoms with Gasteiger partial charge in [-0.3, -0.25) is 0 Å². The molecule has 0 aliphatic carbocycles. The van der Waals surface area contributed by atoms with Crippen molar-refractivity contribution in [1.82, 2.24) is 0 Å². The van der Waals surface area contributed by atoms with Crippen molar-refractivity contribution in [2.24, 2.45) is 0 Å². The van der Waals surface area contributed by atoms with E-state index in [1.54, 1.807) is 0 Å². The third kappa shape index (κ3) is 1.46. The number of ether oxygens (including phenoxy) is 2. The molecule has 0 bridgehead atoms. The van der Waals surface area contributed by atoms with Gasteiger partial charge in [-0.25, -0.2) is 0 Å². The first-order chi connectivity index (χ1) is 4.75. The Morgan fingerprint density at radius 2 is 2.30 bits per heavy atom. The van der Waals surface area contributed by atoms with E-state index >= 15 is 0 Å². The highest BCUT2D eigenvalue weighted by Gasteiger charge is 2.34.